The number of benzene rings is 1. The summed E-state index contributed by atoms with van der Waals surface area (Å²) in [4.78, 5) is 0.0688. The number of aliphatic hydroxyl groups is 1. The van der Waals surface area contributed by atoms with E-state index in [4.69, 9.17) is 17.3 Å². The van der Waals surface area contributed by atoms with Gasteiger partial charge in [-0.2, -0.15) is 11.8 Å². The third-order valence-corrected chi connectivity index (χ3v) is 5.46. The first-order valence-corrected chi connectivity index (χ1v) is 9.11. The quantitative estimate of drug-likeness (QED) is 0.685. The fraction of sp³-hybridized carbons (Fsp3) is 0.500. The van der Waals surface area contributed by atoms with Crippen LogP contribution in [0.3, 0.4) is 0 Å². The third kappa shape index (κ3) is 4.53. The maximum Gasteiger partial charge on any atom is 0.241 e. The van der Waals surface area contributed by atoms with E-state index in [9.17, 15) is 13.5 Å². The van der Waals surface area contributed by atoms with Crippen LogP contribution in [0, 0.1) is 6.92 Å². The second kappa shape index (κ2) is 6.53. The zero-order valence-electron chi connectivity index (χ0n) is 11.6. The van der Waals surface area contributed by atoms with Crippen LogP contribution >= 0.6 is 23.4 Å². The normalized spacial score (nSPS) is 15.1. The zero-order chi connectivity index (χ0) is 15.6. The third-order valence-electron chi connectivity index (χ3n) is 2.68. The SMILES string of the molecule is CSCC(C)(O)CNS(=O)(=O)c1cc(N)c(Cl)cc1C. The number of nitrogens with one attached hydrogen (secondary N) is 1. The molecule has 0 aromatic heterocycles. The first-order chi connectivity index (χ1) is 9.09. The number of halogens is 1. The zero-order valence-corrected chi connectivity index (χ0v) is 14.0. The van der Waals surface area contributed by atoms with Crippen LogP contribution in [0.1, 0.15) is 12.5 Å². The van der Waals surface area contributed by atoms with Crippen LogP contribution in [-0.4, -0.2) is 37.7 Å². The van der Waals surface area contributed by atoms with Crippen LogP contribution in [0.15, 0.2) is 17.0 Å². The molecule has 0 heterocycles. The lowest BCUT2D eigenvalue weighted by Crippen LogP contribution is -2.42. The van der Waals surface area contributed by atoms with E-state index in [2.05, 4.69) is 4.72 Å². The Morgan fingerprint density at radius 2 is 2.10 bits per heavy atom. The number of thioether (sulfide) groups is 1. The summed E-state index contributed by atoms with van der Waals surface area (Å²) in [5, 5.41) is 10.3. The number of nitrogens with two attached hydrogens (primary N) is 1. The van der Waals surface area contributed by atoms with Crippen molar-refractivity contribution >= 4 is 39.1 Å². The summed E-state index contributed by atoms with van der Waals surface area (Å²) in [5.74, 6) is 0.428. The van der Waals surface area contributed by atoms with Gasteiger partial charge in [-0.1, -0.05) is 11.6 Å². The summed E-state index contributed by atoms with van der Waals surface area (Å²) < 4.78 is 26.9. The predicted molar refractivity (Wildman–Crippen MR) is 84.8 cm³/mol. The van der Waals surface area contributed by atoms with Gasteiger partial charge in [0.25, 0.3) is 0 Å². The lowest BCUT2D eigenvalue weighted by atomic mass is 10.1. The van der Waals surface area contributed by atoms with E-state index in [0.29, 0.717) is 16.3 Å². The first kappa shape index (κ1) is 17.6. The Morgan fingerprint density at radius 3 is 2.65 bits per heavy atom. The summed E-state index contributed by atoms with van der Waals surface area (Å²) >= 11 is 7.28. The number of anilines is 1. The molecule has 1 rings (SSSR count). The molecule has 114 valence electrons. The van der Waals surface area contributed by atoms with E-state index in [0.717, 1.165) is 0 Å². The highest BCUT2D eigenvalue weighted by molar-refractivity contribution is 7.98. The summed E-state index contributed by atoms with van der Waals surface area (Å²) in [7, 11) is -3.74. The molecule has 0 bridgehead atoms. The molecule has 1 unspecified atom stereocenters. The van der Waals surface area contributed by atoms with Gasteiger partial charge in [-0.15, -0.1) is 0 Å². The Morgan fingerprint density at radius 1 is 1.50 bits per heavy atom. The minimum Gasteiger partial charge on any atom is -0.397 e. The Kier molecular flexibility index (Phi) is 5.74. The van der Waals surface area contributed by atoms with Crippen molar-refractivity contribution in [3.8, 4) is 0 Å². The number of hydrogen-bond acceptors (Lipinski definition) is 5. The fourth-order valence-corrected chi connectivity index (χ4v) is 4.01. The van der Waals surface area contributed by atoms with Crippen LogP contribution < -0.4 is 10.5 Å². The molecule has 0 saturated heterocycles. The first-order valence-electron chi connectivity index (χ1n) is 5.86. The van der Waals surface area contributed by atoms with Gasteiger partial charge in [-0.3, -0.25) is 0 Å². The number of sulfonamides is 1. The van der Waals surface area contributed by atoms with Gasteiger partial charge in [0.15, 0.2) is 0 Å². The van der Waals surface area contributed by atoms with Gasteiger partial charge in [0, 0.05) is 12.3 Å². The van der Waals surface area contributed by atoms with Crippen molar-refractivity contribution in [2.24, 2.45) is 0 Å². The van der Waals surface area contributed by atoms with Gasteiger partial charge < -0.3 is 10.8 Å². The van der Waals surface area contributed by atoms with Crippen LogP contribution in [-0.2, 0) is 10.0 Å². The monoisotopic (exact) mass is 338 g/mol. The highest BCUT2D eigenvalue weighted by Gasteiger charge is 2.25. The Bertz CT molecular complexity index is 589. The average Bonchev–Trinajstić information content (AvgIpc) is 2.31. The second-order valence-corrected chi connectivity index (χ2v) is 7.90. The topological polar surface area (TPSA) is 92.4 Å². The molecule has 1 aromatic rings. The molecule has 0 radical (unpaired) electrons. The van der Waals surface area contributed by atoms with Crippen molar-refractivity contribution in [1.82, 2.24) is 4.72 Å². The molecule has 20 heavy (non-hydrogen) atoms. The summed E-state index contributed by atoms with van der Waals surface area (Å²) in [5.41, 5.74) is 5.23. The largest absolute Gasteiger partial charge is 0.397 e. The van der Waals surface area contributed by atoms with Crippen molar-refractivity contribution in [3.63, 3.8) is 0 Å². The van der Waals surface area contributed by atoms with E-state index in [-0.39, 0.29) is 17.1 Å². The van der Waals surface area contributed by atoms with E-state index in [1.807, 2.05) is 6.26 Å². The van der Waals surface area contributed by atoms with E-state index < -0.39 is 15.6 Å². The number of nitrogen functional groups attached to an aromatic ring is 1. The van der Waals surface area contributed by atoms with Crippen molar-refractivity contribution in [1.29, 1.82) is 0 Å². The summed E-state index contributed by atoms with van der Waals surface area (Å²) in [6, 6.07) is 2.83. The molecule has 4 N–H and O–H groups in total. The Labute approximate surface area is 128 Å². The molecule has 1 aromatic carbocycles. The highest BCUT2D eigenvalue weighted by Crippen LogP contribution is 2.26. The Balaban J connectivity index is 2.98. The lowest BCUT2D eigenvalue weighted by molar-refractivity contribution is 0.0908. The van der Waals surface area contributed by atoms with Gasteiger partial charge >= 0.3 is 0 Å². The molecule has 0 amide bonds. The van der Waals surface area contributed by atoms with Gasteiger partial charge in [-0.05, 0) is 37.8 Å². The molecule has 0 spiro atoms. The molecule has 0 saturated carbocycles. The molecule has 0 aliphatic carbocycles. The predicted octanol–water partition coefficient (Wildman–Crippen LogP) is 1.62. The maximum atomic E-state index is 12.2. The van der Waals surface area contributed by atoms with Crippen molar-refractivity contribution < 1.29 is 13.5 Å². The maximum absolute atomic E-state index is 12.2. The summed E-state index contributed by atoms with van der Waals surface area (Å²) in [6.07, 6.45) is 1.84. The van der Waals surface area contributed by atoms with Crippen LogP contribution in [0.4, 0.5) is 5.69 Å². The number of aryl methyl sites for hydroxylation is 1. The highest BCUT2D eigenvalue weighted by atomic mass is 35.5. The molecule has 0 aliphatic heterocycles. The molecule has 0 fully saturated rings. The van der Waals surface area contributed by atoms with Gasteiger partial charge in [-0.25, -0.2) is 13.1 Å². The molecule has 0 aliphatic rings. The van der Waals surface area contributed by atoms with E-state index in [1.54, 1.807) is 13.8 Å². The van der Waals surface area contributed by atoms with E-state index >= 15 is 0 Å². The molecular weight excluding hydrogens is 320 g/mol. The van der Waals surface area contributed by atoms with E-state index in [1.165, 1.54) is 23.9 Å². The summed E-state index contributed by atoms with van der Waals surface area (Å²) in [6.45, 7) is 3.15. The second-order valence-electron chi connectivity index (χ2n) is 4.89. The molecule has 8 heteroatoms. The number of rotatable bonds is 6. The molecule has 1 atom stereocenters. The minimum atomic E-state index is -3.74. The van der Waals surface area contributed by atoms with Crippen molar-refractivity contribution in [2.45, 2.75) is 24.3 Å². The lowest BCUT2D eigenvalue weighted by Gasteiger charge is -2.22. The minimum absolute atomic E-state index is 0.0688. The van der Waals surface area contributed by atoms with Crippen LogP contribution in [0.5, 0.6) is 0 Å². The smallest absolute Gasteiger partial charge is 0.241 e. The van der Waals surface area contributed by atoms with Gasteiger partial charge in [0.05, 0.1) is 21.2 Å². The van der Waals surface area contributed by atoms with Crippen LogP contribution in [0.25, 0.3) is 0 Å². The number of hydrogen-bond donors (Lipinski definition) is 3. The van der Waals surface area contributed by atoms with Crippen LogP contribution in [0.2, 0.25) is 5.02 Å². The standard InChI is InChI=1S/C12H19ClN2O3S2/c1-8-4-9(13)10(14)5-11(8)20(17,18)15-6-12(2,16)7-19-3/h4-5,15-16H,6-7,14H2,1-3H3. The average molecular weight is 339 g/mol. The fourth-order valence-electron chi connectivity index (χ4n) is 1.65. The molecule has 5 nitrogen and oxygen atoms in total. The molecular formula is C12H19ClN2O3S2. The van der Waals surface area contributed by atoms with Crippen molar-refractivity contribution in [3.05, 3.63) is 22.7 Å². The van der Waals surface area contributed by atoms with Crippen molar-refractivity contribution in [2.75, 3.05) is 24.3 Å². The Hall–Kier alpha value is -0.470. The van der Waals surface area contributed by atoms with Gasteiger partial charge in [0.1, 0.15) is 0 Å². The van der Waals surface area contributed by atoms with Gasteiger partial charge in [0.2, 0.25) is 10.0 Å².